The SMILES string of the molecule is [O-][I+3]([O-])([O-])OOOOOOOOOOOOOOOOOOOOOOOOOOOOOO. The minimum Gasteiger partial charge on any atom is -0.253 e. The lowest BCUT2D eigenvalue weighted by Gasteiger charge is -2.00. The normalized spacial score (nSPS) is 12.0. The maximum absolute atomic E-state index is 9.89. The van der Waals surface area contributed by atoms with Crippen LogP contribution in [0.4, 0.5) is 0 Å². The molecule has 0 rings (SSSR count). The van der Waals surface area contributed by atoms with Gasteiger partial charge in [-0.2, -0.15) is 0 Å². The van der Waals surface area contributed by atoms with Gasteiger partial charge in [-0.15, -0.1) is 0 Å². The fourth-order valence-electron chi connectivity index (χ4n) is 0.338. The van der Waals surface area contributed by atoms with Crippen molar-refractivity contribution in [1.82, 2.24) is 0 Å². The van der Waals surface area contributed by atoms with Crippen molar-refractivity contribution in [2.24, 2.45) is 0 Å². The van der Waals surface area contributed by atoms with Crippen LogP contribution < -0.4 is 30.4 Å². The largest absolute Gasteiger partial charge is 0.426 e. The van der Waals surface area contributed by atoms with Crippen LogP contribution in [0.2, 0.25) is 0 Å². The first-order valence-corrected chi connectivity index (χ1v) is 8.99. The van der Waals surface area contributed by atoms with Crippen molar-refractivity contribution in [3.05, 3.63) is 0 Å². The summed E-state index contributed by atoms with van der Waals surface area (Å²) in [6.07, 6.45) is 0. The van der Waals surface area contributed by atoms with Gasteiger partial charge in [0.2, 0.25) is 3.22 Å². The molecule has 34 heteroatoms. The molecule has 0 aromatic carbocycles. The summed E-state index contributed by atoms with van der Waals surface area (Å²) in [4.78, 5) is 0. The van der Waals surface area contributed by atoms with Crippen LogP contribution in [0.3, 0.4) is 0 Å². The van der Waals surface area contributed by atoms with E-state index in [-0.39, 0.29) is 0 Å². The van der Waals surface area contributed by atoms with Gasteiger partial charge in [0.15, 0.2) is 0 Å². The van der Waals surface area contributed by atoms with E-state index in [1.165, 1.54) is 0 Å². The summed E-state index contributed by atoms with van der Waals surface area (Å²) < 4.78 is 32.7. The molecule has 0 aliphatic heterocycles. The topological polar surface area (TPSA) is 357 Å². The van der Waals surface area contributed by atoms with Crippen LogP contribution in [0.15, 0.2) is 0 Å². The molecule has 0 aliphatic carbocycles. The lowest BCUT2D eigenvalue weighted by Crippen LogP contribution is -4.24. The van der Waals surface area contributed by atoms with E-state index >= 15 is 0 Å². The van der Waals surface area contributed by atoms with Crippen LogP contribution in [-0.2, 0) is 144 Å². The monoisotopic (exact) mass is 656 g/mol. The molecule has 0 aromatic rings. The average molecular weight is 656 g/mol. The van der Waals surface area contributed by atoms with Gasteiger partial charge in [0, 0.05) is 95.7 Å². The molecule has 0 atom stereocenters. The molecule has 0 saturated carbocycles. The third-order valence-corrected chi connectivity index (χ3v) is 1.44. The van der Waals surface area contributed by atoms with Crippen molar-refractivity contribution in [3.8, 4) is 0 Å². The van der Waals surface area contributed by atoms with E-state index in [0.29, 0.717) is 0 Å². The first-order valence-electron chi connectivity index (χ1n) is 5.47. The molecular weight excluding hydrogens is 655 g/mol. The molecule has 206 valence electrons. The highest BCUT2D eigenvalue weighted by Gasteiger charge is 2.30. The summed E-state index contributed by atoms with van der Waals surface area (Å²) in [5.74, 6) is 0. The van der Waals surface area contributed by atoms with Crippen molar-refractivity contribution in [2.75, 3.05) is 0 Å². The first-order chi connectivity index (χ1) is 16.6. The molecule has 0 radical (unpaired) electrons. The van der Waals surface area contributed by atoms with Crippen molar-refractivity contribution in [2.45, 2.75) is 0 Å². The Morgan fingerprint density at radius 3 is 0.647 bits per heavy atom. The van der Waals surface area contributed by atoms with Crippen LogP contribution >= 0.6 is 0 Å². The standard InChI is InChI=1S/HIO33/c2-1(3,4)6-8-10-12-14-16-18-20-22-24-26-28-30-32-34-33-31-29-27-25-23-21-19-17-15-13-11-9-7-5/h5H. The smallest absolute Gasteiger partial charge is 0.253 e. The van der Waals surface area contributed by atoms with Crippen LogP contribution in [0.25, 0.3) is 0 Å². The van der Waals surface area contributed by atoms with Gasteiger partial charge in [0.25, 0.3) is 0 Å². The molecular formula is HIO33. The van der Waals surface area contributed by atoms with E-state index < -0.39 is 20.1 Å². The molecule has 0 heterocycles. The summed E-state index contributed by atoms with van der Waals surface area (Å²) >= 11 is -6.15. The molecule has 33 nitrogen and oxygen atoms in total. The minimum atomic E-state index is -6.15. The van der Waals surface area contributed by atoms with Crippen molar-refractivity contribution in [3.63, 3.8) is 0 Å². The number of hydrogen-bond donors (Lipinski definition) is 1. The van der Waals surface area contributed by atoms with Gasteiger partial charge in [-0.25, -0.2) is 5.26 Å². The zero-order valence-electron chi connectivity index (χ0n) is 13.9. The highest BCUT2D eigenvalue weighted by Crippen LogP contribution is 1.94. The summed E-state index contributed by atoms with van der Waals surface area (Å²) in [5, 5.41) is 102. The van der Waals surface area contributed by atoms with Crippen molar-refractivity contribution in [1.29, 1.82) is 0 Å². The van der Waals surface area contributed by atoms with Crippen molar-refractivity contribution >= 4 is 0 Å². The van der Waals surface area contributed by atoms with Gasteiger partial charge in [-0.1, -0.05) is 0 Å². The van der Waals surface area contributed by atoms with E-state index in [9.17, 15) is 10.3 Å². The lowest BCUT2D eigenvalue weighted by atomic mass is 14.0. The lowest BCUT2D eigenvalue weighted by molar-refractivity contribution is -1.93. The van der Waals surface area contributed by atoms with Crippen LogP contribution in [0.5, 0.6) is 0 Å². The van der Waals surface area contributed by atoms with E-state index in [4.69, 9.17) is 5.26 Å². The second kappa shape index (κ2) is 27.0. The van der Waals surface area contributed by atoms with Crippen molar-refractivity contribution < 1.29 is 180 Å². The van der Waals surface area contributed by atoms with E-state index in [1.54, 1.807) is 0 Å². The molecule has 0 fully saturated rings. The van der Waals surface area contributed by atoms with E-state index in [2.05, 4.69) is 144 Å². The van der Waals surface area contributed by atoms with Gasteiger partial charge < -0.3 is 0 Å². The Morgan fingerprint density at radius 2 is 0.471 bits per heavy atom. The molecule has 0 amide bonds. The van der Waals surface area contributed by atoms with Gasteiger partial charge in [0.05, 0.1) is 5.04 Å². The van der Waals surface area contributed by atoms with Crippen LogP contribution in [0, 0.1) is 0 Å². The highest BCUT2D eigenvalue weighted by molar-refractivity contribution is 3.10. The zero-order chi connectivity index (χ0) is 25.0. The first kappa shape index (κ1) is 33.4. The molecule has 0 aromatic heterocycles. The highest BCUT2D eigenvalue weighted by atomic mass is 127. The third-order valence-electron chi connectivity index (χ3n) is 0.856. The Bertz CT molecular complexity index is 356. The quantitative estimate of drug-likeness (QED) is 0.0338. The molecule has 0 aliphatic rings. The predicted octanol–water partition coefficient (Wildman–Crippen LogP) is -8.54. The maximum atomic E-state index is 9.89. The van der Waals surface area contributed by atoms with Crippen LogP contribution in [0.1, 0.15) is 0 Å². The summed E-state index contributed by atoms with van der Waals surface area (Å²) in [5.41, 5.74) is 0. The predicted molar refractivity (Wildman–Crippen MR) is 34.1 cm³/mol. The summed E-state index contributed by atoms with van der Waals surface area (Å²) in [6.45, 7) is 0. The zero-order valence-corrected chi connectivity index (χ0v) is 16.0. The molecule has 1 N–H and O–H groups in total. The molecule has 34 heavy (non-hydrogen) atoms. The van der Waals surface area contributed by atoms with E-state index in [0.717, 1.165) is 0 Å². The summed E-state index contributed by atoms with van der Waals surface area (Å²) in [7, 11) is 0. The minimum absolute atomic E-state index is 2.87. The summed E-state index contributed by atoms with van der Waals surface area (Å²) in [6, 6.07) is 0. The average Bonchev–Trinajstić information content (AvgIpc) is 2.80. The van der Waals surface area contributed by atoms with E-state index in [1.807, 2.05) is 0 Å². The Balaban J connectivity index is 3.03. The number of hydrogen-bond acceptors (Lipinski definition) is 33. The molecule has 0 bridgehead atoms. The molecule has 0 unspecified atom stereocenters. The fraction of sp³-hybridized carbons (Fsp3) is 0. The molecule has 0 saturated heterocycles. The Labute approximate surface area is 181 Å². The maximum Gasteiger partial charge on any atom is 0.426 e. The van der Waals surface area contributed by atoms with Gasteiger partial charge in [-0.3, -0.25) is 10.3 Å². The van der Waals surface area contributed by atoms with Gasteiger partial charge >= 0.3 is 20.1 Å². The van der Waals surface area contributed by atoms with Gasteiger partial charge in [0.1, 0.15) is 0 Å². The van der Waals surface area contributed by atoms with Gasteiger partial charge in [-0.05, 0) is 40.3 Å². The fourth-order valence-corrected chi connectivity index (χ4v) is 0.578. The number of halogens is 1. The third kappa shape index (κ3) is 31.4. The second-order valence-corrected chi connectivity index (χ2v) is 4.87. The Hall–Kier alpha value is -0.590. The Morgan fingerprint density at radius 1 is 0.294 bits per heavy atom. The number of rotatable bonds is 29. The second-order valence-electron chi connectivity index (χ2n) is 2.35. The Kier molecular flexibility index (Phi) is 26.5. The van der Waals surface area contributed by atoms with Crippen LogP contribution in [-0.4, -0.2) is 5.26 Å². The molecule has 0 spiro atoms.